The van der Waals surface area contributed by atoms with E-state index < -0.39 is 17.7 Å². The zero-order chi connectivity index (χ0) is 17.0. The summed E-state index contributed by atoms with van der Waals surface area (Å²) in [4.78, 5) is 26.1. The van der Waals surface area contributed by atoms with Crippen LogP contribution in [0.3, 0.4) is 0 Å². The number of thioether (sulfide) groups is 1. The van der Waals surface area contributed by atoms with Crippen LogP contribution < -0.4 is 10.1 Å². The van der Waals surface area contributed by atoms with Gasteiger partial charge in [-0.2, -0.15) is 0 Å². The van der Waals surface area contributed by atoms with Crippen molar-refractivity contribution in [1.29, 1.82) is 0 Å². The predicted molar refractivity (Wildman–Crippen MR) is 90.8 cm³/mol. The standard InChI is InChI=1S/C16H22N2O4S/c1-16(2,3)22-15(20)18-10-23-9-13(18)14(19)17-11-5-7-12(21-4)8-6-11/h5-8,13H,9-10H2,1-4H3,(H,17,19)/t13-/m1/s1. The van der Waals surface area contributed by atoms with E-state index in [9.17, 15) is 9.59 Å². The second-order valence-corrected chi connectivity index (χ2v) is 7.18. The second-order valence-electron chi connectivity index (χ2n) is 6.18. The quantitative estimate of drug-likeness (QED) is 0.918. The molecule has 23 heavy (non-hydrogen) atoms. The molecule has 0 bridgehead atoms. The van der Waals surface area contributed by atoms with E-state index in [4.69, 9.17) is 9.47 Å². The van der Waals surface area contributed by atoms with Crippen LogP contribution in [-0.4, -0.2) is 47.3 Å². The minimum atomic E-state index is -0.582. The van der Waals surface area contributed by atoms with Gasteiger partial charge in [-0.05, 0) is 45.0 Å². The van der Waals surface area contributed by atoms with Gasteiger partial charge in [-0.1, -0.05) is 0 Å². The Morgan fingerprint density at radius 1 is 1.26 bits per heavy atom. The molecule has 1 N–H and O–H groups in total. The summed E-state index contributed by atoms with van der Waals surface area (Å²) < 4.78 is 10.4. The van der Waals surface area contributed by atoms with Crippen LogP contribution in [0.2, 0.25) is 0 Å². The molecule has 0 unspecified atom stereocenters. The number of nitrogens with zero attached hydrogens (tertiary/aromatic N) is 1. The summed E-state index contributed by atoms with van der Waals surface area (Å²) in [6.07, 6.45) is -0.461. The fourth-order valence-corrected chi connectivity index (χ4v) is 3.20. The lowest BCUT2D eigenvalue weighted by Gasteiger charge is -2.27. The molecule has 7 heteroatoms. The number of methoxy groups -OCH3 is 1. The molecule has 1 aromatic carbocycles. The lowest BCUT2D eigenvalue weighted by molar-refractivity contribution is -0.120. The highest BCUT2D eigenvalue weighted by Crippen LogP contribution is 2.25. The number of rotatable bonds is 3. The molecule has 0 aromatic heterocycles. The van der Waals surface area contributed by atoms with Gasteiger partial charge in [-0.3, -0.25) is 9.69 Å². The van der Waals surface area contributed by atoms with Crippen molar-refractivity contribution >= 4 is 29.4 Å². The lowest BCUT2D eigenvalue weighted by Crippen LogP contribution is -2.46. The molecule has 1 atom stereocenters. The van der Waals surface area contributed by atoms with Crippen LogP contribution in [0.15, 0.2) is 24.3 Å². The number of benzene rings is 1. The van der Waals surface area contributed by atoms with Gasteiger partial charge in [-0.15, -0.1) is 11.8 Å². The first-order chi connectivity index (χ1) is 10.8. The minimum Gasteiger partial charge on any atom is -0.497 e. The van der Waals surface area contributed by atoms with E-state index in [1.165, 1.54) is 16.7 Å². The Labute approximate surface area is 140 Å². The van der Waals surface area contributed by atoms with E-state index in [1.54, 1.807) is 52.1 Å². The molecule has 0 saturated carbocycles. The Kier molecular flexibility index (Phi) is 5.41. The van der Waals surface area contributed by atoms with Crippen molar-refractivity contribution in [1.82, 2.24) is 4.90 Å². The van der Waals surface area contributed by atoms with Crippen LogP contribution in [0, 0.1) is 0 Å². The lowest BCUT2D eigenvalue weighted by atomic mass is 10.2. The number of ether oxygens (including phenoxy) is 2. The zero-order valence-corrected chi connectivity index (χ0v) is 14.6. The van der Waals surface area contributed by atoms with Gasteiger partial charge in [0.1, 0.15) is 17.4 Å². The molecule has 1 aliphatic rings. The van der Waals surface area contributed by atoms with Crippen molar-refractivity contribution in [3.63, 3.8) is 0 Å². The summed E-state index contributed by atoms with van der Waals surface area (Å²) in [5, 5.41) is 2.83. The van der Waals surface area contributed by atoms with Gasteiger partial charge in [0.2, 0.25) is 5.91 Å². The van der Waals surface area contributed by atoms with Gasteiger partial charge in [0.25, 0.3) is 0 Å². The van der Waals surface area contributed by atoms with E-state index in [0.29, 0.717) is 17.3 Å². The summed E-state index contributed by atoms with van der Waals surface area (Å²) in [6, 6.07) is 6.53. The molecule has 2 rings (SSSR count). The van der Waals surface area contributed by atoms with Gasteiger partial charge in [0.05, 0.1) is 13.0 Å². The summed E-state index contributed by atoms with van der Waals surface area (Å²) >= 11 is 1.53. The highest BCUT2D eigenvalue weighted by atomic mass is 32.2. The topological polar surface area (TPSA) is 67.9 Å². The normalized spacial score (nSPS) is 17.7. The number of anilines is 1. The molecule has 0 aliphatic carbocycles. The first-order valence-electron chi connectivity index (χ1n) is 7.32. The zero-order valence-electron chi connectivity index (χ0n) is 13.8. The third-order valence-electron chi connectivity index (χ3n) is 3.17. The van der Waals surface area contributed by atoms with Gasteiger partial charge in [-0.25, -0.2) is 4.79 Å². The van der Waals surface area contributed by atoms with Crippen molar-refractivity contribution < 1.29 is 19.1 Å². The SMILES string of the molecule is COc1ccc(NC(=O)[C@H]2CSCN2C(=O)OC(C)(C)C)cc1. The summed E-state index contributed by atoms with van der Waals surface area (Å²) in [7, 11) is 1.59. The number of hydrogen-bond donors (Lipinski definition) is 1. The molecule has 0 spiro atoms. The Morgan fingerprint density at radius 3 is 2.48 bits per heavy atom. The van der Waals surface area contributed by atoms with Crippen LogP contribution in [0.25, 0.3) is 0 Å². The smallest absolute Gasteiger partial charge is 0.411 e. The predicted octanol–water partition coefficient (Wildman–Crippen LogP) is 2.94. The van der Waals surface area contributed by atoms with Crippen molar-refractivity contribution in [3.05, 3.63) is 24.3 Å². The van der Waals surface area contributed by atoms with Gasteiger partial charge >= 0.3 is 6.09 Å². The second kappa shape index (κ2) is 7.12. The number of carbonyl (C=O) groups is 2. The van der Waals surface area contributed by atoms with Crippen molar-refractivity contribution in [2.75, 3.05) is 24.1 Å². The summed E-state index contributed by atoms with van der Waals surface area (Å²) in [6.45, 7) is 5.42. The molecule has 1 aliphatic heterocycles. The molecular weight excluding hydrogens is 316 g/mol. The Bertz CT molecular complexity index is 568. The Hall–Kier alpha value is -1.89. The third-order valence-corrected chi connectivity index (χ3v) is 4.18. The van der Waals surface area contributed by atoms with E-state index in [2.05, 4.69) is 5.32 Å². The molecule has 126 valence electrons. The molecule has 0 radical (unpaired) electrons. The first kappa shape index (κ1) is 17.5. The fraction of sp³-hybridized carbons (Fsp3) is 0.500. The van der Waals surface area contributed by atoms with Crippen molar-refractivity contribution in [3.8, 4) is 5.75 Å². The highest BCUT2D eigenvalue weighted by molar-refractivity contribution is 7.99. The van der Waals surface area contributed by atoms with Crippen LogP contribution in [0.1, 0.15) is 20.8 Å². The molecule has 1 fully saturated rings. The molecule has 1 heterocycles. The largest absolute Gasteiger partial charge is 0.497 e. The minimum absolute atomic E-state index is 0.217. The molecule has 1 aromatic rings. The number of carbonyl (C=O) groups excluding carboxylic acids is 2. The van der Waals surface area contributed by atoms with E-state index in [-0.39, 0.29) is 5.91 Å². The van der Waals surface area contributed by atoms with Crippen molar-refractivity contribution in [2.45, 2.75) is 32.4 Å². The van der Waals surface area contributed by atoms with Crippen LogP contribution in [0.4, 0.5) is 10.5 Å². The summed E-state index contributed by atoms with van der Waals surface area (Å²) in [5.41, 5.74) is 0.0817. The molecule has 2 amide bonds. The Balaban J connectivity index is 2.00. The Morgan fingerprint density at radius 2 is 1.91 bits per heavy atom. The number of hydrogen-bond acceptors (Lipinski definition) is 5. The number of amides is 2. The van der Waals surface area contributed by atoms with E-state index in [1.807, 2.05) is 0 Å². The third kappa shape index (κ3) is 4.79. The summed E-state index contributed by atoms with van der Waals surface area (Å²) in [5.74, 6) is 1.51. The number of nitrogens with one attached hydrogen (secondary N) is 1. The van der Waals surface area contributed by atoms with Gasteiger partial charge < -0.3 is 14.8 Å². The van der Waals surface area contributed by atoms with E-state index >= 15 is 0 Å². The highest BCUT2D eigenvalue weighted by Gasteiger charge is 2.37. The van der Waals surface area contributed by atoms with Crippen LogP contribution in [-0.2, 0) is 9.53 Å². The maximum atomic E-state index is 12.4. The average molecular weight is 338 g/mol. The molecular formula is C16H22N2O4S. The first-order valence-corrected chi connectivity index (χ1v) is 8.48. The van der Waals surface area contributed by atoms with Crippen molar-refractivity contribution in [2.24, 2.45) is 0 Å². The van der Waals surface area contributed by atoms with Gasteiger partial charge in [0.15, 0.2) is 0 Å². The van der Waals surface area contributed by atoms with Crippen LogP contribution in [0.5, 0.6) is 5.75 Å². The van der Waals surface area contributed by atoms with E-state index in [0.717, 1.165) is 5.75 Å². The maximum absolute atomic E-state index is 12.4. The van der Waals surface area contributed by atoms with Crippen LogP contribution >= 0.6 is 11.8 Å². The van der Waals surface area contributed by atoms with Gasteiger partial charge in [0, 0.05) is 11.4 Å². The average Bonchev–Trinajstić information content (AvgIpc) is 2.96. The maximum Gasteiger partial charge on any atom is 0.411 e. The monoisotopic (exact) mass is 338 g/mol. The molecule has 6 nitrogen and oxygen atoms in total. The fourth-order valence-electron chi connectivity index (χ4n) is 2.06. The molecule has 1 saturated heterocycles.